The van der Waals surface area contributed by atoms with E-state index in [0.717, 1.165) is 11.6 Å². The Morgan fingerprint density at radius 1 is 1.60 bits per heavy atom. The fraction of sp³-hybridized carbons (Fsp3) is 0.667. The summed E-state index contributed by atoms with van der Waals surface area (Å²) >= 11 is 0. The lowest BCUT2D eigenvalue weighted by molar-refractivity contribution is 0.780. The van der Waals surface area contributed by atoms with Gasteiger partial charge in [-0.3, -0.25) is 0 Å². The molecule has 0 aromatic rings. The van der Waals surface area contributed by atoms with E-state index in [4.69, 9.17) is 6.57 Å². The number of nitrogens with zero attached hydrogens (tertiary/aromatic N) is 1. The molecule has 10 heavy (non-hydrogen) atoms. The van der Waals surface area contributed by atoms with Crippen LogP contribution in [0.5, 0.6) is 0 Å². The summed E-state index contributed by atoms with van der Waals surface area (Å²) in [6, 6.07) is 0. The summed E-state index contributed by atoms with van der Waals surface area (Å²) in [6.07, 6.45) is 4.73. The molecule has 0 heterocycles. The van der Waals surface area contributed by atoms with Crippen molar-refractivity contribution in [3.8, 4) is 0 Å². The number of allylic oxidation sites excluding steroid dienone is 2. The van der Waals surface area contributed by atoms with Crippen molar-refractivity contribution in [2.45, 2.75) is 26.7 Å². The highest BCUT2D eigenvalue weighted by Gasteiger charge is 2.19. The minimum atomic E-state index is 0.415. The number of hydrogen-bond acceptors (Lipinski definition) is 0. The van der Waals surface area contributed by atoms with E-state index in [9.17, 15) is 0 Å². The number of rotatable bonds is 2. The van der Waals surface area contributed by atoms with Gasteiger partial charge in [-0.15, -0.1) is 0 Å². The lowest BCUT2D eigenvalue weighted by Crippen LogP contribution is -1.88. The molecule has 1 aliphatic carbocycles. The molecule has 54 valence electrons. The smallest absolute Gasteiger partial charge is 0.164 e. The third-order valence-electron chi connectivity index (χ3n) is 1.75. The molecule has 0 aliphatic heterocycles. The van der Waals surface area contributed by atoms with E-state index >= 15 is 0 Å². The fourth-order valence-electron chi connectivity index (χ4n) is 0.863. The maximum atomic E-state index is 6.87. The Kier molecular flexibility index (Phi) is 2.11. The summed E-state index contributed by atoms with van der Waals surface area (Å²) in [7, 11) is 0. The van der Waals surface area contributed by atoms with Gasteiger partial charge in [-0.1, -0.05) is 19.9 Å². The molecule has 0 aromatic heterocycles. The van der Waals surface area contributed by atoms with Crippen LogP contribution in [0.1, 0.15) is 26.7 Å². The highest BCUT2D eigenvalue weighted by molar-refractivity contribution is 5.16. The van der Waals surface area contributed by atoms with E-state index < -0.39 is 0 Å². The molecular weight excluding hydrogens is 122 g/mol. The maximum Gasteiger partial charge on any atom is 0.164 e. The molecule has 0 atom stereocenters. The van der Waals surface area contributed by atoms with Crippen molar-refractivity contribution in [3.63, 3.8) is 0 Å². The maximum absolute atomic E-state index is 6.87. The zero-order chi connectivity index (χ0) is 7.56. The predicted molar refractivity (Wildman–Crippen MR) is 42.2 cm³/mol. The van der Waals surface area contributed by atoms with E-state index in [2.05, 4.69) is 24.8 Å². The van der Waals surface area contributed by atoms with Gasteiger partial charge in [0.15, 0.2) is 5.70 Å². The van der Waals surface area contributed by atoms with Crippen molar-refractivity contribution >= 4 is 0 Å². The van der Waals surface area contributed by atoms with Gasteiger partial charge >= 0.3 is 0 Å². The Morgan fingerprint density at radius 3 is 2.50 bits per heavy atom. The summed E-state index contributed by atoms with van der Waals surface area (Å²) in [5.74, 6) is 1.16. The van der Waals surface area contributed by atoms with Gasteiger partial charge in [0, 0.05) is 0 Å². The lowest BCUT2D eigenvalue weighted by Gasteiger charge is -1.99. The summed E-state index contributed by atoms with van der Waals surface area (Å²) in [5, 5.41) is 0. The van der Waals surface area contributed by atoms with Crippen LogP contribution in [0.15, 0.2) is 11.8 Å². The average Bonchev–Trinajstić information content (AvgIpc) is 2.64. The first-order valence-corrected chi connectivity index (χ1v) is 3.83. The largest absolute Gasteiger partial charge is 0.243 e. The van der Waals surface area contributed by atoms with Crippen LogP contribution >= 0.6 is 0 Å². The van der Waals surface area contributed by atoms with Crippen molar-refractivity contribution in [2.24, 2.45) is 11.8 Å². The summed E-state index contributed by atoms with van der Waals surface area (Å²) in [4.78, 5) is 3.48. The minimum absolute atomic E-state index is 0.415. The SMILES string of the molecule is [C-]#[N+]/C(=C\C1CC1)C(C)C. The van der Waals surface area contributed by atoms with E-state index in [1.165, 1.54) is 12.8 Å². The molecule has 0 N–H and O–H groups in total. The van der Waals surface area contributed by atoms with Crippen LogP contribution in [0.25, 0.3) is 4.85 Å². The molecule has 1 fully saturated rings. The highest BCUT2D eigenvalue weighted by atomic mass is 14.7. The predicted octanol–water partition coefficient (Wildman–Crippen LogP) is 2.86. The van der Waals surface area contributed by atoms with Crippen molar-refractivity contribution < 1.29 is 0 Å². The van der Waals surface area contributed by atoms with Crippen LogP contribution in [0, 0.1) is 18.4 Å². The van der Waals surface area contributed by atoms with Crippen molar-refractivity contribution in [2.75, 3.05) is 0 Å². The van der Waals surface area contributed by atoms with Gasteiger partial charge in [0.1, 0.15) is 0 Å². The topological polar surface area (TPSA) is 4.36 Å². The fourth-order valence-corrected chi connectivity index (χ4v) is 0.863. The first-order chi connectivity index (χ1) is 4.74. The van der Waals surface area contributed by atoms with Gasteiger partial charge in [-0.2, -0.15) is 0 Å². The van der Waals surface area contributed by atoms with Crippen LogP contribution in [-0.2, 0) is 0 Å². The van der Waals surface area contributed by atoms with E-state index in [1.807, 2.05) is 0 Å². The first kappa shape index (κ1) is 7.34. The third-order valence-corrected chi connectivity index (χ3v) is 1.75. The van der Waals surface area contributed by atoms with Gasteiger partial charge in [0.25, 0.3) is 0 Å². The van der Waals surface area contributed by atoms with Gasteiger partial charge in [0.2, 0.25) is 0 Å². The molecule has 0 radical (unpaired) electrons. The highest BCUT2D eigenvalue weighted by Crippen LogP contribution is 2.32. The summed E-state index contributed by atoms with van der Waals surface area (Å²) in [5.41, 5.74) is 0.947. The van der Waals surface area contributed by atoms with Gasteiger partial charge in [-0.25, -0.2) is 4.85 Å². The molecule has 0 spiro atoms. The summed E-state index contributed by atoms with van der Waals surface area (Å²) < 4.78 is 0. The van der Waals surface area contributed by atoms with Gasteiger partial charge < -0.3 is 0 Å². The zero-order valence-electron chi connectivity index (χ0n) is 6.59. The molecule has 0 amide bonds. The van der Waals surface area contributed by atoms with Gasteiger partial charge in [0.05, 0.1) is 6.57 Å². The second kappa shape index (κ2) is 2.88. The Balaban J connectivity index is 2.55. The van der Waals surface area contributed by atoms with E-state index in [1.54, 1.807) is 0 Å². The zero-order valence-corrected chi connectivity index (χ0v) is 6.59. The molecular formula is C9H13N. The second-order valence-electron chi connectivity index (χ2n) is 3.20. The van der Waals surface area contributed by atoms with Crippen LogP contribution in [-0.4, -0.2) is 0 Å². The first-order valence-electron chi connectivity index (χ1n) is 3.83. The molecule has 1 aliphatic rings. The Morgan fingerprint density at radius 2 is 2.20 bits per heavy atom. The molecule has 1 saturated carbocycles. The van der Waals surface area contributed by atoms with Crippen LogP contribution in [0.2, 0.25) is 0 Å². The standard InChI is InChI=1S/C9H13N/c1-7(2)9(10-3)6-8-4-5-8/h6-8H,4-5H2,1-2H3/b9-6-. The average molecular weight is 135 g/mol. The molecule has 0 aromatic carbocycles. The Labute approximate surface area is 62.6 Å². The quantitative estimate of drug-likeness (QED) is 0.513. The lowest BCUT2D eigenvalue weighted by atomic mass is 10.1. The van der Waals surface area contributed by atoms with E-state index in [-0.39, 0.29) is 0 Å². The molecule has 0 saturated heterocycles. The Hall–Kier alpha value is -0.770. The second-order valence-corrected chi connectivity index (χ2v) is 3.20. The minimum Gasteiger partial charge on any atom is -0.243 e. The summed E-state index contributed by atoms with van der Waals surface area (Å²) in [6.45, 7) is 11.0. The Bertz CT molecular complexity index is 179. The van der Waals surface area contributed by atoms with Crippen molar-refractivity contribution in [3.05, 3.63) is 23.2 Å². The van der Waals surface area contributed by atoms with Crippen LogP contribution in [0.4, 0.5) is 0 Å². The molecule has 0 bridgehead atoms. The van der Waals surface area contributed by atoms with E-state index in [0.29, 0.717) is 5.92 Å². The normalized spacial score (nSPS) is 19.2. The molecule has 1 heteroatoms. The molecule has 0 unspecified atom stereocenters. The number of hydrogen-bond donors (Lipinski definition) is 0. The van der Waals surface area contributed by atoms with Crippen LogP contribution < -0.4 is 0 Å². The van der Waals surface area contributed by atoms with Crippen molar-refractivity contribution in [1.82, 2.24) is 0 Å². The third kappa shape index (κ3) is 1.88. The molecule has 1 rings (SSSR count). The van der Waals surface area contributed by atoms with Crippen molar-refractivity contribution in [1.29, 1.82) is 0 Å². The van der Waals surface area contributed by atoms with Gasteiger partial charge in [-0.05, 0) is 24.7 Å². The monoisotopic (exact) mass is 135 g/mol. The van der Waals surface area contributed by atoms with Crippen LogP contribution in [0.3, 0.4) is 0 Å². The molecule has 1 nitrogen and oxygen atoms in total.